The minimum Gasteiger partial charge on any atom is -0.372 e. The highest BCUT2D eigenvalue weighted by Crippen LogP contribution is 2.06. The van der Waals surface area contributed by atoms with E-state index in [-0.39, 0.29) is 6.10 Å². The molecule has 0 heterocycles. The van der Waals surface area contributed by atoms with Crippen molar-refractivity contribution in [1.29, 1.82) is 5.41 Å². The van der Waals surface area contributed by atoms with E-state index in [2.05, 4.69) is 13.5 Å². The van der Waals surface area contributed by atoms with Gasteiger partial charge >= 0.3 is 0 Å². The topological polar surface area (TPSA) is 36.3 Å². The van der Waals surface area contributed by atoms with Crippen LogP contribution in [0.3, 0.4) is 0 Å². The molecule has 0 aromatic heterocycles. The molecule has 0 aliphatic carbocycles. The Morgan fingerprint density at radius 3 is 2.47 bits per heavy atom. The highest BCUT2D eigenvalue weighted by Gasteiger charge is 2.12. The van der Waals surface area contributed by atoms with Crippen molar-refractivity contribution in [1.82, 2.24) is 4.90 Å². The van der Waals surface area contributed by atoms with Gasteiger partial charge in [0.1, 0.15) is 0 Å². The van der Waals surface area contributed by atoms with Crippen molar-refractivity contribution >= 4 is 5.71 Å². The Bertz CT molecular complexity index is 236. The quantitative estimate of drug-likeness (QED) is 0.470. The molecule has 1 N–H and O–H groups in total. The summed E-state index contributed by atoms with van der Waals surface area (Å²) in [5, 5.41) is 7.96. The third kappa shape index (κ3) is 8.11. The number of likely N-dealkylation sites (N-methyl/N-ethyl adjacent to an activating group) is 1. The Kier molecular flexibility index (Phi) is 9.00. The van der Waals surface area contributed by atoms with Crippen LogP contribution in [0.25, 0.3) is 0 Å². The molecular formula is C14H28N2O. The fourth-order valence-corrected chi connectivity index (χ4v) is 1.63. The minimum absolute atomic E-state index is 0.135. The Morgan fingerprint density at radius 2 is 1.94 bits per heavy atom. The molecule has 0 radical (unpaired) electrons. The molecule has 1 atom stereocenters. The van der Waals surface area contributed by atoms with E-state index in [1.54, 1.807) is 0 Å². The number of hydrogen-bond donors (Lipinski definition) is 1. The minimum atomic E-state index is -0.135. The molecule has 0 aromatic rings. The largest absolute Gasteiger partial charge is 0.372 e. The second kappa shape index (κ2) is 9.37. The van der Waals surface area contributed by atoms with Crippen molar-refractivity contribution in [2.45, 2.75) is 45.6 Å². The molecule has 0 spiro atoms. The molecule has 0 saturated heterocycles. The second-order valence-corrected chi connectivity index (χ2v) is 4.83. The fourth-order valence-electron chi connectivity index (χ4n) is 1.63. The number of nitrogens with one attached hydrogen (secondary N) is 1. The molecule has 3 heteroatoms. The summed E-state index contributed by atoms with van der Waals surface area (Å²) in [7, 11) is 3.96. The average Bonchev–Trinajstić information content (AvgIpc) is 2.26. The zero-order chi connectivity index (χ0) is 13.3. The van der Waals surface area contributed by atoms with Gasteiger partial charge in [-0.3, -0.25) is 0 Å². The van der Waals surface area contributed by atoms with E-state index in [1.165, 1.54) is 19.3 Å². The molecule has 0 aromatic carbocycles. The number of unbranched alkanes of at least 4 members (excludes halogenated alkanes) is 3. The van der Waals surface area contributed by atoms with Crippen LogP contribution >= 0.6 is 0 Å². The van der Waals surface area contributed by atoms with Gasteiger partial charge in [0.25, 0.3) is 0 Å². The highest BCUT2D eigenvalue weighted by molar-refractivity contribution is 6.00. The molecule has 0 rings (SSSR count). The zero-order valence-electron chi connectivity index (χ0n) is 11.9. The van der Waals surface area contributed by atoms with Gasteiger partial charge in [-0.05, 0) is 33.0 Å². The number of nitrogens with zero attached hydrogens (tertiary/aromatic N) is 1. The molecule has 100 valence electrons. The standard InChI is InChI=1S/C14H28N2O/c1-6-7-8-9-10-17-13(3)14(15)12(2)11-16(4)5/h13,15H,2,6-11H2,1,3-5H3. The molecule has 0 fully saturated rings. The highest BCUT2D eigenvalue weighted by atomic mass is 16.5. The van der Waals surface area contributed by atoms with Gasteiger partial charge in [-0.25, -0.2) is 0 Å². The van der Waals surface area contributed by atoms with Gasteiger partial charge in [0.05, 0.1) is 11.8 Å². The molecular weight excluding hydrogens is 212 g/mol. The summed E-state index contributed by atoms with van der Waals surface area (Å²) in [6.45, 7) is 9.53. The maximum atomic E-state index is 7.96. The van der Waals surface area contributed by atoms with E-state index < -0.39 is 0 Å². The first-order valence-electron chi connectivity index (χ1n) is 6.52. The van der Waals surface area contributed by atoms with Crippen molar-refractivity contribution in [2.75, 3.05) is 27.2 Å². The van der Waals surface area contributed by atoms with Gasteiger partial charge in [0, 0.05) is 13.2 Å². The fraction of sp³-hybridized carbons (Fsp3) is 0.786. The Balaban J connectivity index is 3.77. The molecule has 17 heavy (non-hydrogen) atoms. The maximum Gasteiger partial charge on any atom is 0.0962 e. The number of rotatable bonds is 10. The lowest BCUT2D eigenvalue weighted by Gasteiger charge is -2.18. The first-order chi connectivity index (χ1) is 7.99. The lowest BCUT2D eigenvalue weighted by molar-refractivity contribution is 0.105. The summed E-state index contributed by atoms with van der Waals surface area (Å²) in [5.41, 5.74) is 1.37. The monoisotopic (exact) mass is 240 g/mol. The zero-order valence-corrected chi connectivity index (χ0v) is 11.9. The Hall–Kier alpha value is -0.670. The van der Waals surface area contributed by atoms with Crippen LogP contribution in [0.4, 0.5) is 0 Å². The van der Waals surface area contributed by atoms with E-state index >= 15 is 0 Å². The van der Waals surface area contributed by atoms with E-state index in [9.17, 15) is 0 Å². The Labute approximate surface area is 106 Å². The summed E-state index contributed by atoms with van der Waals surface area (Å²) >= 11 is 0. The summed E-state index contributed by atoms with van der Waals surface area (Å²) < 4.78 is 5.65. The van der Waals surface area contributed by atoms with Crippen molar-refractivity contribution in [3.63, 3.8) is 0 Å². The van der Waals surface area contributed by atoms with Crippen LogP contribution in [0, 0.1) is 5.41 Å². The molecule has 0 bridgehead atoms. The van der Waals surface area contributed by atoms with Gasteiger partial charge in [-0.1, -0.05) is 32.8 Å². The van der Waals surface area contributed by atoms with Crippen LogP contribution < -0.4 is 0 Å². The normalized spacial score (nSPS) is 12.8. The maximum absolute atomic E-state index is 7.96. The lowest BCUT2D eigenvalue weighted by atomic mass is 10.1. The summed E-state index contributed by atoms with van der Waals surface area (Å²) in [6, 6.07) is 0. The van der Waals surface area contributed by atoms with Crippen LogP contribution in [0.15, 0.2) is 12.2 Å². The van der Waals surface area contributed by atoms with Crippen molar-refractivity contribution < 1.29 is 4.74 Å². The first-order valence-corrected chi connectivity index (χ1v) is 6.52. The predicted molar refractivity (Wildman–Crippen MR) is 75.0 cm³/mol. The van der Waals surface area contributed by atoms with Crippen molar-refractivity contribution in [3.05, 3.63) is 12.2 Å². The average molecular weight is 240 g/mol. The smallest absolute Gasteiger partial charge is 0.0962 e. The van der Waals surface area contributed by atoms with Gasteiger partial charge in [-0.15, -0.1) is 0 Å². The van der Waals surface area contributed by atoms with Gasteiger partial charge in [-0.2, -0.15) is 0 Å². The van der Waals surface area contributed by atoms with E-state index in [0.717, 1.165) is 25.1 Å². The first kappa shape index (κ1) is 16.3. The number of hydrogen-bond acceptors (Lipinski definition) is 3. The Morgan fingerprint density at radius 1 is 1.29 bits per heavy atom. The summed E-state index contributed by atoms with van der Waals surface area (Å²) in [5.74, 6) is 0. The lowest BCUT2D eigenvalue weighted by Crippen LogP contribution is -2.27. The van der Waals surface area contributed by atoms with Gasteiger partial charge in [0.2, 0.25) is 0 Å². The third-order valence-electron chi connectivity index (χ3n) is 2.66. The van der Waals surface area contributed by atoms with Crippen LogP contribution in [-0.2, 0) is 4.74 Å². The van der Waals surface area contributed by atoms with Crippen LogP contribution in [-0.4, -0.2) is 44.0 Å². The SMILES string of the molecule is C=C(CN(C)C)C(=N)C(C)OCCCCCC. The summed E-state index contributed by atoms with van der Waals surface area (Å²) in [4.78, 5) is 2.02. The van der Waals surface area contributed by atoms with Gasteiger partial charge in [0.15, 0.2) is 0 Å². The molecule has 3 nitrogen and oxygen atoms in total. The third-order valence-corrected chi connectivity index (χ3v) is 2.66. The molecule has 0 amide bonds. The van der Waals surface area contributed by atoms with E-state index in [4.69, 9.17) is 10.1 Å². The molecule has 1 unspecified atom stereocenters. The molecule has 0 saturated carbocycles. The van der Waals surface area contributed by atoms with Crippen molar-refractivity contribution in [3.8, 4) is 0 Å². The molecule has 0 aliphatic heterocycles. The predicted octanol–water partition coefficient (Wildman–Crippen LogP) is 3.11. The van der Waals surface area contributed by atoms with E-state index in [1.807, 2.05) is 25.9 Å². The molecule has 0 aliphatic rings. The van der Waals surface area contributed by atoms with E-state index in [0.29, 0.717) is 5.71 Å². The second-order valence-electron chi connectivity index (χ2n) is 4.83. The van der Waals surface area contributed by atoms with Crippen LogP contribution in [0.5, 0.6) is 0 Å². The summed E-state index contributed by atoms with van der Waals surface area (Å²) in [6.07, 6.45) is 4.68. The number of ether oxygens (including phenoxy) is 1. The van der Waals surface area contributed by atoms with Crippen LogP contribution in [0.2, 0.25) is 0 Å². The van der Waals surface area contributed by atoms with Crippen LogP contribution in [0.1, 0.15) is 39.5 Å². The van der Waals surface area contributed by atoms with Crippen molar-refractivity contribution in [2.24, 2.45) is 0 Å². The van der Waals surface area contributed by atoms with Gasteiger partial charge < -0.3 is 15.0 Å².